The predicted molar refractivity (Wildman–Crippen MR) is 108 cm³/mol. The van der Waals surface area contributed by atoms with E-state index in [-0.39, 0.29) is 11.9 Å². The van der Waals surface area contributed by atoms with E-state index in [2.05, 4.69) is 10.6 Å². The lowest BCUT2D eigenvalue weighted by atomic mass is 10.2. The van der Waals surface area contributed by atoms with Gasteiger partial charge < -0.3 is 15.4 Å². The third-order valence-corrected chi connectivity index (χ3v) is 4.35. The number of hydrogen-bond donors (Lipinski definition) is 2. The van der Waals surface area contributed by atoms with Gasteiger partial charge in [-0.05, 0) is 48.5 Å². The second-order valence-electron chi connectivity index (χ2n) is 6.33. The molecule has 6 nitrogen and oxygen atoms in total. The van der Waals surface area contributed by atoms with Crippen molar-refractivity contribution in [2.45, 2.75) is 0 Å². The smallest absolute Gasteiger partial charge is 0.321 e. The largest absolute Gasteiger partial charge is 0.457 e. The summed E-state index contributed by atoms with van der Waals surface area (Å²) in [4.78, 5) is 26.1. The Morgan fingerprint density at radius 1 is 0.929 bits per heavy atom. The van der Waals surface area contributed by atoms with Crippen LogP contribution in [0.4, 0.5) is 16.2 Å². The van der Waals surface area contributed by atoms with Gasteiger partial charge in [0, 0.05) is 30.0 Å². The minimum absolute atomic E-state index is 0.130. The summed E-state index contributed by atoms with van der Waals surface area (Å²) in [6.07, 6.45) is 0. The van der Waals surface area contributed by atoms with Crippen LogP contribution in [0.5, 0.6) is 11.5 Å². The third-order valence-electron chi connectivity index (χ3n) is 4.35. The Morgan fingerprint density at radius 2 is 1.71 bits per heavy atom. The van der Waals surface area contributed by atoms with Gasteiger partial charge in [0.15, 0.2) is 0 Å². The van der Waals surface area contributed by atoms with Gasteiger partial charge in [-0.1, -0.05) is 30.3 Å². The summed E-state index contributed by atoms with van der Waals surface area (Å²) in [5.41, 5.74) is 1.85. The number of amides is 3. The molecule has 28 heavy (non-hydrogen) atoms. The van der Waals surface area contributed by atoms with Gasteiger partial charge in [-0.25, -0.2) is 4.79 Å². The molecule has 3 amide bonds. The first kappa shape index (κ1) is 17.6. The van der Waals surface area contributed by atoms with Gasteiger partial charge in [0.1, 0.15) is 11.5 Å². The first-order valence-electron chi connectivity index (χ1n) is 8.99. The van der Waals surface area contributed by atoms with Crippen molar-refractivity contribution < 1.29 is 14.3 Å². The van der Waals surface area contributed by atoms with Crippen LogP contribution in [0.1, 0.15) is 10.4 Å². The highest BCUT2D eigenvalue weighted by Gasteiger charge is 2.21. The number of benzene rings is 3. The summed E-state index contributed by atoms with van der Waals surface area (Å²) < 4.78 is 5.79. The summed E-state index contributed by atoms with van der Waals surface area (Å²) in [6, 6.07) is 23.5. The molecule has 0 radical (unpaired) electrons. The summed E-state index contributed by atoms with van der Waals surface area (Å²) in [7, 11) is 0. The monoisotopic (exact) mass is 373 g/mol. The van der Waals surface area contributed by atoms with Crippen LogP contribution in [-0.2, 0) is 0 Å². The van der Waals surface area contributed by atoms with E-state index in [1.54, 1.807) is 41.3 Å². The molecule has 1 aliphatic heterocycles. The molecule has 0 aromatic heterocycles. The van der Waals surface area contributed by atoms with Crippen LogP contribution in [0, 0.1) is 0 Å². The molecule has 0 bridgehead atoms. The summed E-state index contributed by atoms with van der Waals surface area (Å²) in [6.45, 7) is 1.22. The zero-order valence-corrected chi connectivity index (χ0v) is 15.1. The van der Waals surface area contributed by atoms with Crippen LogP contribution in [0.2, 0.25) is 0 Å². The second-order valence-corrected chi connectivity index (χ2v) is 6.33. The molecular weight excluding hydrogens is 354 g/mol. The lowest BCUT2D eigenvalue weighted by molar-refractivity contribution is 0.102. The van der Waals surface area contributed by atoms with Crippen molar-refractivity contribution in [1.82, 2.24) is 5.32 Å². The van der Waals surface area contributed by atoms with Gasteiger partial charge in [-0.2, -0.15) is 0 Å². The number of nitrogens with one attached hydrogen (secondary N) is 2. The maximum absolute atomic E-state index is 12.7. The van der Waals surface area contributed by atoms with Gasteiger partial charge in [-0.15, -0.1) is 0 Å². The maximum atomic E-state index is 12.7. The maximum Gasteiger partial charge on any atom is 0.321 e. The van der Waals surface area contributed by atoms with Crippen LogP contribution in [0.25, 0.3) is 0 Å². The Balaban J connectivity index is 1.48. The van der Waals surface area contributed by atoms with Crippen LogP contribution in [-0.4, -0.2) is 25.0 Å². The molecule has 140 valence electrons. The SMILES string of the molecule is O=C(Nc1cccc(N2CCNC2=O)c1)c1cccc(Oc2ccccc2)c1. The van der Waals surface area contributed by atoms with Crippen molar-refractivity contribution >= 4 is 23.3 Å². The standard InChI is InChI=1S/C22H19N3O3/c26-21(16-6-4-11-20(14-16)28-19-9-2-1-3-10-19)24-17-7-5-8-18(15-17)25-13-12-23-22(25)27/h1-11,14-15H,12-13H2,(H,23,27)(H,24,26). The van der Waals surface area contributed by atoms with Crippen molar-refractivity contribution in [2.24, 2.45) is 0 Å². The number of para-hydroxylation sites is 1. The van der Waals surface area contributed by atoms with E-state index < -0.39 is 0 Å². The first-order chi connectivity index (χ1) is 13.7. The number of ether oxygens (including phenoxy) is 1. The average molecular weight is 373 g/mol. The molecule has 0 spiro atoms. The van der Waals surface area contributed by atoms with Crippen LogP contribution < -0.4 is 20.3 Å². The number of hydrogen-bond acceptors (Lipinski definition) is 3. The Morgan fingerprint density at radius 3 is 2.50 bits per heavy atom. The van der Waals surface area contributed by atoms with Crippen LogP contribution in [0.3, 0.4) is 0 Å². The van der Waals surface area contributed by atoms with E-state index in [0.717, 1.165) is 5.69 Å². The minimum atomic E-state index is -0.249. The summed E-state index contributed by atoms with van der Waals surface area (Å²) in [5, 5.41) is 5.64. The van der Waals surface area contributed by atoms with E-state index in [0.29, 0.717) is 35.8 Å². The summed E-state index contributed by atoms with van der Waals surface area (Å²) >= 11 is 0. The fourth-order valence-corrected chi connectivity index (χ4v) is 3.00. The normalized spacial score (nSPS) is 13.1. The van der Waals surface area contributed by atoms with Gasteiger partial charge in [0.05, 0.1) is 0 Å². The minimum Gasteiger partial charge on any atom is -0.457 e. The predicted octanol–water partition coefficient (Wildman–Crippen LogP) is 4.26. The Bertz CT molecular complexity index is 1000. The number of nitrogens with zero attached hydrogens (tertiary/aromatic N) is 1. The second kappa shape index (κ2) is 7.84. The molecule has 1 fully saturated rings. The van der Waals surface area contributed by atoms with E-state index in [4.69, 9.17) is 4.74 Å². The lowest BCUT2D eigenvalue weighted by Gasteiger charge is -2.15. The van der Waals surface area contributed by atoms with Gasteiger partial charge in [-0.3, -0.25) is 9.69 Å². The zero-order valence-electron chi connectivity index (χ0n) is 15.1. The van der Waals surface area contributed by atoms with Gasteiger partial charge in [0.2, 0.25) is 0 Å². The molecule has 1 saturated heterocycles. The van der Waals surface area contributed by atoms with E-state index in [1.807, 2.05) is 42.5 Å². The Labute approximate surface area is 162 Å². The number of urea groups is 1. The molecule has 3 aromatic rings. The van der Waals surface area contributed by atoms with Crippen LogP contribution >= 0.6 is 0 Å². The molecule has 1 aliphatic rings. The van der Waals surface area contributed by atoms with Crippen molar-refractivity contribution in [3.8, 4) is 11.5 Å². The summed E-state index contributed by atoms with van der Waals surface area (Å²) in [5.74, 6) is 1.04. The number of carbonyl (C=O) groups is 2. The van der Waals surface area contributed by atoms with Crippen LogP contribution in [0.15, 0.2) is 78.9 Å². The topological polar surface area (TPSA) is 70.7 Å². The van der Waals surface area contributed by atoms with Gasteiger partial charge in [0.25, 0.3) is 5.91 Å². The van der Waals surface area contributed by atoms with Gasteiger partial charge >= 0.3 is 6.03 Å². The quantitative estimate of drug-likeness (QED) is 0.702. The number of anilines is 2. The Kier molecular flexibility index (Phi) is 4.93. The fraction of sp³-hybridized carbons (Fsp3) is 0.0909. The fourth-order valence-electron chi connectivity index (χ4n) is 3.00. The molecule has 0 aliphatic carbocycles. The zero-order chi connectivity index (χ0) is 19.3. The van der Waals surface area contributed by atoms with Crippen molar-refractivity contribution in [3.63, 3.8) is 0 Å². The average Bonchev–Trinajstić information content (AvgIpc) is 3.15. The molecule has 1 heterocycles. The molecule has 2 N–H and O–H groups in total. The highest BCUT2D eigenvalue weighted by Crippen LogP contribution is 2.24. The molecule has 6 heteroatoms. The molecule has 0 unspecified atom stereocenters. The molecule has 4 rings (SSSR count). The molecular formula is C22H19N3O3. The molecule has 3 aromatic carbocycles. The van der Waals surface area contributed by atoms with Crippen molar-refractivity contribution in [1.29, 1.82) is 0 Å². The number of rotatable bonds is 5. The Hall–Kier alpha value is -3.80. The van der Waals surface area contributed by atoms with Crippen molar-refractivity contribution in [2.75, 3.05) is 23.3 Å². The third kappa shape index (κ3) is 3.96. The lowest BCUT2D eigenvalue weighted by Crippen LogP contribution is -2.27. The molecule has 0 atom stereocenters. The number of carbonyl (C=O) groups excluding carboxylic acids is 2. The highest BCUT2D eigenvalue weighted by atomic mass is 16.5. The molecule has 0 saturated carbocycles. The van der Waals surface area contributed by atoms with E-state index in [1.165, 1.54) is 0 Å². The highest BCUT2D eigenvalue weighted by molar-refractivity contribution is 6.05. The van der Waals surface area contributed by atoms with E-state index >= 15 is 0 Å². The van der Waals surface area contributed by atoms with Crippen molar-refractivity contribution in [3.05, 3.63) is 84.4 Å². The van der Waals surface area contributed by atoms with E-state index in [9.17, 15) is 9.59 Å². The first-order valence-corrected chi connectivity index (χ1v) is 8.99.